The fourth-order valence-corrected chi connectivity index (χ4v) is 2.35. The monoisotopic (exact) mass is 273 g/mol. The first-order chi connectivity index (χ1) is 9.79. The Labute approximate surface area is 116 Å². The molecule has 2 heterocycles. The van der Waals surface area contributed by atoms with Crippen LogP contribution in [0.25, 0.3) is 10.8 Å². The molecule has 20 heavy (non-hydrogen) atoms. The molecule has 104 valence electrons. The van der Waals surface area contributed by atoms with Gasteiger partial charge in [-0.2, -0.15) is 5.90 Å². The highest BCUT2D eigenvalue weighted by Crippen LogP contribution is 2.24. The van der Waals surface area contributed by atoms with Crippen LogP contribution in [0.2, 0.25) is 0 Å². The van der Waals surface area contributed by atoms with Crippen molar-refractivity contribution in [2.24, 2.45) is 5.90 Å². The van der Waals surface area contributed by atoms with E-state index < -0.39 is 5.97 Å². The number of aromatic nitrogens is 1. The van der Waals surface area contributed by atoms with E-state index in [1.54, 1.807) is 0 Å². The lowest BCUT2D eigenvalue weighted by Crippen LogP contribution is -2.37. The van der Waals surface area contributed by atoms with Crippen molar-refractivity contribution in [1.29, 1.82) is 0 Å². The Balaban J connectivity index is 2.11. The third-order valence-electron chi connectivity index (χ3n) is 3.36. The van der Waals surface area contributed by atoms with E-state index in [4.69, 9.17) is 10.6 Å². The Morgan fingerprint density at radius 1 is 1.30 bits per heavy atom. The Morgan fingerprint density at radius 2 is 2.05 bits per heavy atom. The molecular formula is C14H15N3O3. The molecule has 2 aromatic rings. The molecule has 0 radical (unpaired) electrons. The van der Waals surface area contributed by atoms with Crippen LogP contribution in [0, 0.1) is 0 Å². The largest absolute Gasteiger partial charge is 0.378 e. The summed E-state index contributed by atoms with van der Waals surface area (Å²) in [5, 5.41) is 1.67. The zero-order valence-electron chi connectivity index (χ0n) is 10.9. The van der Waals surface area contributed by atoms with E-state index in [-0.39, 0.29) is 5.69 Å². The van der Waals surface area contributed by atoms with Crippen LogP contribution < -0.4 is 10.8 Å². The molecule has 0 saturated carbocycles. The first-order valence-corrected chi connectivity index (χ1v) is 6.43. The Bertz CT molecular complexity index is 639. The molecule has 1 fully saturated rings. The van der Waals surface area contributed by atoms with Gasteiger partial charge in [0, 0.05) is 18.5 Å². The number of carbonyl (C=O) groups is 1. The molecule has 0 unspecified atom stereocenters. The van der Waals surface area contributed by atoms with E-state index in [0.717, 1.165) is 29.7 Å². The molecule has 0 spiro atoms. The number of ether oxygens (including phenoxy) is 1. The number of nitrogens with two attached hydrogens (primary N) is 1. The normalized spacial score (nSPS) is 15.3. The third-order valence-corrected chi connectivity index (χ3v) is 3.36. The Morgan fingerprint density at radius 3 is 2.80 bits per heavy atom. The number of rotatable bonds is 2. The van der Waals surface area contributed by atoms with Gasteiger partial charge in [-0.1, -0.05) is 24.3 Å². The minimum Gasteiger partial charge on any atom is -0.378 e. The summed E-state index contributed by atoms with van der Waals surface area (Å²) in [7, 11) is 0. The maximum absolute atomic E-state index is 11.8. The van der Waals surface area contributed by atoms with Crippen molar-refractivity contribution >= 4 is 22.6 Å². The van der Waals surface area contributed by atoms with Gasteiger partial charge < -0.3 is 14.5 Å². The number of benzene rings is 1. The molecule has 1 saturated heterocycles. The molecule has 6 heteroatoms. The van der Waals surface area contributed by atoms with Crippen LogP contribution in [-0.4, -0.2) is 37.3 Å². The van der Waals surface area contributed by atoms with Crippen LogP contribution in [0.4, 0.5) is 5.82 Å². The zero-order valence-corrected chi connectivity index (χ0v) is 10.9. The molecule has 2 N–H and O–H groups in total. The minimum atomic E-state index is -0.628. The van der Waals surface area contributed by atoms with Gasteiger partial charge in [0.15, 0.2) is 5.69 Å². The summed E-state index contributed by atoms with van der Waals surface area (Å²) in [5.41, 5.74) is 0.243. The maximum Gasteiger partial charge on any atom is 0.376 e. The van der Waals surface area contributed by atoms with Crippen molar-refractivity contribution in [3.8, 4) is 0 Å². The predicted molar refractivity (Wildman–Crippen MR) is 74.4 cm³/mol. The summed E-state index contributed by atoms with van der Waals surface area (Å²) < 4.78 is 5.33. The van der Waals surface area contributed by atoms with Crippen LogP contribution in [0.3, 0.4) is 0 Å². The number of hydrogen-bond donors (Lipinski definition) is 1. The van der Waals surface area contributed by atoms with Gasteiger partial charge in [0.2, 0.25) is 0 Å². The van der Waals surface area contributed by atoms with Crippen molar-refractivity contribution in [3.05, 3.63) is 36.0 Å². The molecule has 0 aliphatic carbocycles. The topological polar surface area (TPSA) is 77.7 Å². The summed E-state index contributed by atoms with van der Waals surface area (Å²) in [6, 6.07) is 9.51. The second-order valence-corrected chi connectivity index (χ2v) is 4.55. The van der Waals surface area contributed by atoms with E-state index >= 15 is 0 Å². The predicted octanol–water partition coefficient (Wildman–Crippen LogP) is 1.10. The summed E-state index contributed by atoms with van der Waals surface area (Å²) >= 11 is 0. The molecule has 0 bridgehead atoms. The van der Waals surface area contributed by atoms with Crippen LogP contribution in [0.15, 0.2) is 30.3 Å². The van der Waals surface area contributed by atoms with E-state index in [9.17, 15) is 4.79 Å². The molecule has 1 aromatic heterocycles. The van der Waals surface area contributed by atoms with Crippen molar-refractivity contribution in [2.75, 3.05) is 31.2 Å². The zero-order chi connectivity index (χ0) is 13.9. The summed E-state index contributed by atoms with van der Waals surface area (Å²) in [6.07, 6.45) is 0. The van der Waals surface area contributed by atoms with Gasteiger partial charge in [0.25, 0.3) is 0 Å². The van der Waals surface area contributed by atoms with E-state index in [2.05, 4.69) is 14.7 Å². The van der Waals surface area contributed by atoms with Crippen LogP contribution in [0.1, 0.15) is 10.5 Å². The van der Waals surface area contributed by atoms with Crippen LogP contribution in [-0.2, 0) is 9.57 Å². The quantitative estimate of drug-likeness (QED) is 0.826. The molecule has 3 rings (SSSR count). The molecule has 1 aromatic carbocycles. The number of morpholine rings is 1. The number of pyridine rings is 1. The Kier molecular flexibility index (Phi) is 3.49. The lowest BCUT2D eigenvalue weighted by Gasteiger charge is -2.28. The third kappa shape index (κ3) is 2.31. The fourth-order valence-electron chi connectivity index (χ4n) is 2.35. The van der Waals surface area contributed by atoms with Gasteiger partial charge in [-0.3, -0.25) is 0 Å². The van der Waals surface area contributed by atoms with Crippen LogP contribution >= 0.6 is 0 Å². The number of nitrogens with zero attached hydrogens (tertiary/aromatic N) is 2. The van der Waals surface area contributed by atoms with E-state index in [1.807, 2.05) is 30.3 Å². The second-order valence-electron chi connectivity index (χ2n) is 4.55. The number of hydrogen-bond acceptors (Lipinski definition) is 6. The van der Waals surface area contributed by atoms with Gasteiger partial charge in [-0.15, -0.1) is 0 Å². The van der Waals surface area contributed by atoms with Gasteiger partial charge in [0.05, 0.1) is 13.2 Å². The number of fused-ring (bicyclic) bond motifs is 1. The first kappa shape index (κ1) is 12.8. The number of carbonyl (C=O) groups excluding carboxylic acids is 1. The van der Waals surface area contributed by atoms with Crippen molar-refractivity contribution in [3.63, 3.8) is 0 Å². The SMILES string of the molecule is NOC(=O)c1nc(N2CCOCC2)cc2ccccc12. The summed E-state index contributed by atoms with van der Waals surface area (Å²) in [4.78, 5) is 22.6. The molecular weight excluding hydrogens is 258 g/mol. The molecule has 1 aliphatic heterocycles. The molecule has 6 nitrogen and oxygen atoms in total. The van der Waals surface area contributed by atoms with Gasteiger partial charge in [0.1, 0.15) is 5.82 Å². The summed E-state index contributed by atoms with van der Waals surface area (Å²) in [5.74, 6) is 5.12. The highest BCUT2D eigenvalue weighted by molar-refractivity contribution is 6.03. The summed E-state index contributed by atoms with van der Waals surface area (Å²) in [6.45, 7) is 2.82. The lowest BCUT2D eigenvalue weighted by atomic mass is 10.1. The van der Waals surface area contributed by atoms with Crippen molar-refractivity contribution < 1.29 is 14.4 Å². The second kappa shape index (κ2) is 5.44. The highest BCUT2D eigenvalue weighted by atomic mass is 16.7. The molecule has 0 amide bonds. The number of anilines is 1. The average molecular weight is 273 g/mol. The van der Waals surface area contributed by atoms with Gasteiger partial charge in [-0.25, -0.2) is 9.78 Å². The van der Waals surface area contributed by atoms with Crippen molar-refractivity contribution in [1.82, 2.24) is 4.98 Å². The fraction of sp³-hybridized carbons (Fsp3) is 0.286. The van der Waals surface area contributed by atoms with Gasteiger partial charge >= 0.3 is 5.97 Å². The highest BCUT2D eigenvalue weighted by Gasteiger charge is 2.18. The Hall–Kier alpha value is -2.18. The van der Waals surface area contributed by atoms with E-state index in [1.165, 1.54) is 0 Å². The van der Waals surface area contributed by atoms with Gasteiger partial charge in [-0.05, 0) is 11.5 Å². The average Bonchev–Trinajstić information content (AvgIpc) is 2.54. The smallest absolute Gasteiger partial charge is 0.376 e. The minimum absolute atomic E-state index is 0.243. The molecule has 1 aliphatic rings. The standard InChI is InChI=1S/C14H15N3O3/c15-20-14(18)13-11-4-2-1-3-10(11)9-12(16-13)17-5-7-19-8-6-17/h1-4,9H,5-8,15H2. The first-order valence-electron chi connectivity index (χ1n) is 6.43. The maximum atomic E-state index is 11.8. The molecule has 0 atom stereocenters. The van der Waals surface area contributed by atoms with E-state index in [0.29, 0.717) is 13.2 Å². The lowest BCUT2D eigenvalue weighted by molar-refractivity contribution is 0.0499. The van der Waals surface area contributed by atoms with Crippen molar-refractivity contribution in [2.45, 2.75) is 0 Å². The van der Waals surface area contributed by atoms with Crippen LogP contribution in [0.5, 0.6) is 0 Å².